The largest absolute Gasteiger partial charge is 0.450 e. The van der Waals surface area contributed by atoms with Crippen LogP contribution in [-0.2, 0) is 0 Å². The normalized spacial score (nSPS) is 15.5. The van der Waals surface area contributed by atoms with Gasteiger partial charge in [0.2, 0.25) is 5.76 Å². The lowest BCUT2D eigenvalue weighted by molar-refractivity contribution is 0.0970. The Bertz CT molecular complexity index is 1450. The monoisotopic (exact) mass is 458 g/mol. The van der Waals surface area contributed by atoms with Crippen molar-refractivity contribution in [1.82, 2.24) is 4.98 Å². The minimum Gasteiger partial charge on any atom is -0.450 e. The van der Waals surface area contributed by atoms with Gasteiger partial charge in [0.1, 0.15) is 11.4 Å². The van der Waals surface area contributed by atoms with Gasteiger partial charge in [-0.05, 0) is 66.3 Å². The van der Waals surface area contributed by atoms with E-state index >= 15 is 0 Å². The number of amides is 1. The number of hydrogen-bond donors (Lipinski definition) is 0. The molecule has 0 N–H and O–H groups in total. The van der Waals surface area contributed by atoms with Gasteiger partial charge in [-0.1, -0.05) is 49.7 Å². The van der Waals surface area contributed by atoms with Gasteiger partial charge in [0.15, 0.2) is 5.43 Å². The third kappa shape index (κ3) is 3.44. The van der Waals surface area contributed by atoms with Gasteiger partial charge in [-0.15, -0.1) is 0 Å². The van der Waals surface area contributed by atoms with Gasteiger partial charge in [-0.3, -0.25) is 14.5 Å². The molecule has 0 saturated carbocycles. The quantitative estimate of drug-likeness (QED) is 0.359. The molecule has 1 unspecified atom stereocenters. The standard InChI is InChI=1S/C27H23ClN2O3/c1-14(2)17-5-7-18(8-6-17)24-23-25(31)20-11-15(3)16(4)12-21(20)33-26(23)27(32)30(24)22-10-9-19(28)13-29-22/h5-14,24H,1-4H3. The van der Waals surface area contributed by atoms with Gasteiger partial charge in [0.05, 0.1) is 22.0 Å². The Hall–Kier alpha value is -3.44. The molecule has 6 heteroatoms. The van der Waals surface area contributed by atoms with Crippen molar-refractivity contribution in [3.05, 3.63) is 104 Å². The van der Waals surface area contributed by atoms with E-state index in [0.717, 1.165) is 16.7 Å². The van der Waals surface area contributed by atoms with Crippen molar-refractivity contribution in [3.63, 3.8) is 0 Å². The number of aromatic nitrogens is 1. The average molecular weight is 459 g/mol. The molecule has 166 valence electrons. The van der Waals surface area contributed by atoms with E-state index in [2.05, 4.69) is 18.8 Å². The molecule has 0 radical (unpaired) electrons. The zero-order chi connectivity index (χ0) is 23.4. The summed E-state index contributed by atoms with van der Waals surface area (Å²) in [5.74, 6) is 0.441. The lowest BCUT2D eigenvalue weighted by atomic mass is 9.95. The summed E-state index contributed by atoms with van der Waals surface area (Å²) in [4.78, 5) is 33.2. The first-order chi connectivity index (χ1) is 15.8. The Morgan fingerprint density at radius 2 is 1.70 bits per heavy atom. The van der Waals surface area contributed by atoms with Crippen molar-refractivity contribution < 1.29 is 9.21 Å². The van der Waals surface area contributed by atoms with E-state index in [1.54, 1.807) is 12.1 Å². The van der Waals surface area contributed by atoms with Crippen molar-refractivity contribution in [2.24, 2.45) is 0 Å². The van der Waals surface area contributed by atoms with Crippen LogP contribution < -0.4 is 10.3 Å². The van der Waals surface area contributed by atoms with Gasteiger partial charge in [-0.2, -0.15) is 0 Å². The molecule has 0 saturated heterocycles. The first-order valence-electron chi connectivity index (χ1n) is 10.9. The van der Waals surface area contributed by atoms with Crippen LogP contribution in [0.15, 0.2) is 63.9 Å². The maximum absolute atomic E-state index is 13.7. The molecule has 0 aliphatic carbocycles. The van der Waals surface area contributed by atoms with Crippen LogP contribution >= 0.6 is 11.6 Å². The fourth-order valence-electron chi connectivity index (χ4n) is 4.35. The minimum atomic E-state index is -0.648. The number of aryl methyl sites for hydroxylation is 2. The molecule has 5 nitrogen and oxygen atoms in total. The van der Waals surface area contributed by atoms with Gasteiger partial charge in [0, 0.05) is 6.20 Å². The summed E-state index contributed by atoms with van der Waals surface area (Å²) in [6, 6.07) is 14.4. The van der Waals surface area contributed by atoms with Crippen molar-refractivity contribution in [1.29, 1.82) is 0 Å². The summed E-state index contributed by atoms with van der Waals surface area (Å²) in [5.41, 5.74) is 4.54. The predicted octanol–water partition coefficient (Wildman–Crippen LogP) is 6.33. The zero-order valence-electron chi connectivity index (χ0n) is 18.8. The van der Waals surface area contributed by atoms with E-state index in [1.807, 2.05) is 50.2 Å². The van der Waals surface area contributed by atoms with Gasteiger partial charge in [0.25, 0.3) is 5.91 Å². The molecule has 3 heterocycles. The smallest absolute Gasteiger partial charge is 0.296 e. The van der Waals surface area contributed by atoms with Crippen molar-refractivity contribution >= 4 is 34.3 Å². The summed E-state index contributed by atoms with van der Waals surface area (Å²) in [5, 5.41) is 0.936. The number of benzene rings is 2. The van der Waals surface area contributed by atoms with Crippen molar-refractivity contribution in [2.45, 2.75) is 39.7 Å². The number of carbonyl (C=O) groups is 1. The summed E-state index contributed by atoms with van der Waals surface area (Å²) in [6.45, 7) is 8.16. The van der Waals surface area contributed by atoms with Gasteiger partial charge >= 0.3 is 0 Å². The Morgan fingerprint density at radius 3 is 2.33 bits per heavy atom. The second-order valence-corrected chi connectivity index (χ2v) is 9.28. The highest BCUT2D eigenvalue weighted by atomic mass is 35.5. The van der Waals surface area contributed by atoms with E-state index in [1.165, 1.54) is 16.7 Å². The molecular weight excluding hydrogens is 436 g/mol. The molecular formula is C27H23ClN2O3. The maximum Gasteiger partial charge on any atom is 0.296 e. The van der Waals surface area contributed by atoms with Crippen LogP contribution in [0.25, 0.3) is 11.0 Å². The molecule has 0 fully saturated rings. The number of anilines is 1. The Balaban J connectivity index is 1.78. The first kappa shape index (κ1) is 21.4. The number of pyridine rings is 1. The summed E-state index contributed by atoms with van der Waals surface area (Å²) in [7, 11) is 0. The van der Waals surface area contributed by atoms with E-state index in [0.29, 0.717) is 33.3 Å². The number of halogens is 1. The number of carbonyl (C=O) groups excluding carboxylic acids is 1. The highest BCUT2D eigenvalue weighted by Gasteiger charge is 2.44. The molecule has 2 aromatic carbocycles. The molecule has 33 heavy (non-hydrogen) atoms. The van der Waals surface area contributed by atoms with Crippen molar-refractivity contribution in [2.75, 3.05) is 4.90 Å². The van der Waals surface area contributed by atoms with E-state index < -0.39 is 11.9 Å². The molecule has 2 aromatic heterocycles. The topological polar surface area (TPSA) is 63.4 Å². The second kappa shape index (κ2) is 7.85. The van der Waals surface area contributed by atoms with Crippen LogP contribution in [0.2, 0.25) is 5.02 Å². The average Bonchev–Trinajstić information content (AvgIpc) is 3.08. The Kier molecular flexibility index (Phi) is 5.09. The first-order valence-corrected chi connectivity index (χ1v) is 11.3. The van der Waals surface area contributed by atoms with Gasteiger partial charge < -0.3 is 4.42 Å². The van der Waals surface area contributed by atoms with E-state index in [9.17, 15) is 9.59 Å². The van der Waals surface area contributed by atoms with Crippen LogP contribution in [0.4, 0.5) is 5.82 Å². The third-order valence-electron chi connectivity index (χ3n) is 6.36. The highest BCUT2D eigenvalue weighted by Crippen LogP contribution is 2.41. The van der Waals surface area contributed by atoms with E-state index in [4.69, 9.17) is 16.0 Å². The molecule has 1 amide bonds. The molecule has 1 aliphatic heterocycles. The number of fused-ring (bicyclic) bond motifs is 2. The third-order valence-corrected chi connectivity index (χ3v) is 6.59. The molecule has 1 aliphatic rings. The minimum absolute atomic E-state index is 0.0606. The maximum atomic E-state index is 13.7. The predicted molar refractivity (Wildman–Crippen MR) is 130 cm³/mol. The molecule has 0 spiro atoms. The zero-order valence-corrected chi connectivity index (χ0v) is 19.6. The SMILES string of the molecule is Cc1cc2oc3c(c(=O)c2cc1C)C(c1ccc(C(C)C)cc1)N(c1ccc(Cl)cn1)C3=O. The molecule has 5 rings (SSSR count). The van der Waals surface area contributed by atoms with Gasteiger partial charge in [-0.25, -0.2) is 4.98 Å². The lowest BCUT2D eigenvalue weighted by Crippen LogP contribution is -2.30. The summed E-state index contributed by atoms with van der Waals surface area (Å²) >= 11 is 6.04. The Labute approximate surface area is 196 Å². The molecule has 4 aromatic rings. The summed E-state index contributed by atoms with van der Waals surface area (Å²) < 4.78 is 6.08. The van der Waals surface area contributed by atoms with Crippen LogP contribution in [0.5, 0.6) is 0 Å². The second-order valence-electron chi connectivity index (χ2n) is 8.84. The lowest BCUT2D eigenvalue weighted by Gasteiger charge is -2.24. The van der Waals surface area contributed by atoms with Crippen LogP contribution in [0, 0.1) is 13.8 Å². The molecule has 0 bridgehead atoms. The molecule has 1 atom stereocenters. The number of hydrogen-bond acceptors (Lipinski definition) is 4. The van der Waals surface area contributed by atoms with Crippen molar-refractivity contribution in [3.8, 4) is 0 Å². The van der Waals surface area contributed by atoms with Crippen LogP contribution in [-0.4, -0.2) is 10.9 Å². The highest BCUT2D eigenvalue weighted by molar-refractivity contribution is 6.30. The fourth-order valence-corrected chi connectivity index (χ4v) is 4.47. The number of rotatable bonds is 3. The summed E-state index contributed by atoms with van der Waals surface area (Å²) in [6.07, 6.45) is 1.49. The van der Waals surface area contributed by atoms with Crippen LogP contribution in [0.1, 0.15) is 64.2 Å². The van der Waals surface area contributed by atoms with E-state index in [-0.39, 0.29) is 11.2 Å². The van der Waals surface area contributed by atoms with Crippen LogP contribution in [0.3, 0.4) is 0 Å². The Morgan fingerprint density at radius 1 is 1.00 bits per heavy atom. The number of nitrogens with zero attached hydrogens (tertiary/aromatic N) is 2. The fraction of sp³-hybridized carbons (Fsp3) is 0.222.